The van der Waals surface area contributed by atoms with Crippen molar-refractivity contribution in [3.05, 3.63) is 44.2 Å². The van der Waals surface area contributed by atoms with Crippen LogP contribution in [0.3, 0.4) is 0 Å². The number of nitrogen functional groups attached to an aromatic ring is 1. The van der Waals surface area contributed by atoms with Crippen LogP contribution in [-0.4, -0.2) is 40.1 Å². The summed E-state index contributed by atoms with van der Waals surface area (Å²) >= 11 is 8.41. The largest absolute Gasteiger partial charge is 0.396 e. The van der Waals surface area contributed by atoms with E-state index in [2.05, 4.69) is 48.2 Å². The van der Waals surface area contributed by atoms with Crippen molar-refractivity contribution in [1.82, 2.24) is 15.3 Å². The molecule has 0 atom stereocenters. The minimum Gasteiger partial charge on any atom is -0.396 e. The second-order valence-electron chi connectivity index (χ2n) is 6.80. The predicted molar refractivity (Wildman–Crippen MR) is 132 cm³/mol. The smallest absolute Gasteiger partial charge is 0.302 e. The van der Waals surface area contributed by atoms with Crippen LogP contribution in [0.15, 0.2) is 29.3 Å². The van der Waals surface area contributed by atoms with Crippen LogP contribution in [0.25, 0.3) is 0 Å². The number of rotatable bonds is 11. The van der Waals surface area contributed by atoms with Gasteiger partial charge in [-0.2, -0.15) is 4.99 Å². The topological polar surface area (TPSA) is 152 Å². The molecule has 0 aliphatic rings. The summed E-state index contributed by atoms with van der Waals surface area (Å²) in [4.78, 5) is 24.3. The Morgan fingerprint density at radius 1 is 1.13 bits per heavy atom. The summed E-state index contributed by atoms with van der Waals surface area (Å²) in [5.74, 6) is -0.534. The summed E-state index contributed by atoms with van der Waals surface area (Å²) in [6.45, 7) is 1.29. The van der Waals surface area contributed by atoms with E-state index < -0.39 is 5.91 Å². The van der Waals surface area contributed by atoms with Crippen LogP contribution in [0.2, 0.25) is 5.15 Å². The van der Waals surface area contributed by atoms with E-state index in [0.717, 1.165) is 41.2 Å². The molecule has 9 nitrogen and oxygen atoms in total. The maximum Gasteiger partial charge on any atom is 0.302 e. The molecular formula is C20H27ClIN7O2. The second-order valence-corrected chi connectivity index (χ2v) is 8.40. The quantitative estimate of drug-likeness (QED) is 0.122. The molecule has 0 unspecified atom stereocenters. The van der Waals surface area contributed by atoms with Crippen LogP contribution < -0.4 is 22.1 Å². The Morgan fingerprint density at radius 3 is 2.52 bits per heavy atom. The second kappa shape index (κ2) is 13.3. The minimum absolute atomic E-state index is 0.0152. The number of hydrogen-bond acceptors (Lipinski definition) is 6. The Bertz CT molecular complexity index is 894. The number of nitrogens with zero attached hydrogens (tertiary/aromatic N) is 3. The monoisotopic (exact) mass is 559 g/mol. The molecule has 7 N–H and O–H groups in total. The molecule has 0 radical (unpaired) electrons. The third-order valence-electron chi connectivity index (χ3n) is 4.32. The minimum atomic E-state index is -0.718. The van der Waals surface area contributed by atoms with Crippen LogP contribution in [0.1, 0.15) is 48.2 Å². The van der Waals surface area contributed by atoms with Gasteiger partial charge >= 0.3 is 5.91 Å². The van der Waals surface area contributed by atoms with E-state index >= 15 is 0 Å². The van der Waals surface area contributed by atoms with Gasteiger partial charge in [0.1, 0.15) is 0 Å². The highest BCUT2D eigenvalue weighted by atomic mass is 127. The van der Waals surface area contributed by atoms with Gasteiger partial charge in [-0.1, -0.05) is 43.0 Å². The summed E-state index contributed by atoms with van der Waals surface area (Å²) in [6.07, 6.45) is 4.72. The molecule has 31 heavy (non-hydrogen) atoms. The molecule has 0 spiro atoms. The van der Waals surface area contributed by atoms with Gasteiger partial charge < -0.3 is 27.2 Å². The number of nitrogens with one attached hydrogen (secondary N) is 2. The molecule has 1 heterocycles. The third-order valence-corrected chi connectivity index (χ3v) is 5.30. The van der Waals surface area contributed by atoms with Gasteiger partial charge in [0.25, 0.3) is 0 Å². The van der Waals surface area contributed by atoms with E-state index in [1.165, 1.54) is 0 Å². The molecule has 1 aromatic heterocycles. The van der Waals surface area contributed by atoms with Gasteiger partial charge in [0.2, 0.25) is 0 Å². The van der Waals surface area contributed by atoms with E-state index in [1.54, 1.807) is 0 Å². The van der Waals surface area contributed by atoms with Gasteiger partial charge in [-0.3, -0.25) is 4.79 Å². The number of hydrogen-bond donors (Lipinski definition) is 5. The number of carbonyl (C=O) groups excluding carboxylic acids is 1. The van der Waals surface area contributed by atoms with E-state index in [9.17, 15) is 4.79 Å². The van der Waals surface area contributed by atoms with Crippen LogP contribution in [0, 0.1) is 3.57 Å². The Morgan fingerprint density at radius 2 is 1.81 bits per heavy atom. The van der Waals surface area contributed by atoms with Crippen molar-refractivity contribution >= 4 is 57.7 Å². The summed E-state index contributed by atoms with van der Waals surface area (Å²) in [5.41, 5.74) is 12.5. The average molecular weight is 560 g/mol. The van der Waals surface area contributed by atoms with Crippen molar-refractivity contribution in [1.29, 1.82) is 0 Å². The van der Waals surface area contributed by atoms with Crippen LogP contribution in [0.5, 0.6) is 0 Å². The highest BCUT2D eigenvalue weighted by Crippen LogP contribution is 2.22. The molecule has 0 saturated carbocycles. The summed E-state index contributed by atoms with van der Waals surface area (Å²) in [7, 11) is 0. The third kappa shape index (κ3) is 8.83. The highest BCUT2D eigenvalue weighted by Gasteiger charge is 2.17. The Hall–Kier alpha value is -2.18. The van der Waals surface area contributed by atoms with Crippen molar-refractivity contribution in [2.75, 3.05) is 24.2 Å². The van der Waals surface area contributed by atoms with Crippen molar-refractivity contribution in [2.45, 2.75) is 38.6 Å². The van der Waals surface area contributed by atoms with Crippen LogP contribution in [-0.2, 0) is 6.54 Å². The van der Waals surface area contributed by atoms with Gasteiger partial charge in [-0.05, 0) is 53.1 Å². The fourth-order valence-corrected chi connectivity index (χ4v) is 3.22. The maximum absolute atomic E-state index is 12.4. The first-order chi connectivity index (χ1) is 14.9. The van der Waals surface area contributed by atoms with E-state index in [0.29, 0.717) is 13.1 Å². The van der Waals surface area contributed by atoms with Crippen molar-refractivity contribution in [3.8, 4) is 0 Å². The lowest BCUT2D eigenvalue weighted by Gasteiger charge is -2.10. The lowest BCUT2D eigenvalue weighted by Crippen LogP contribution is -2.33. The number of guanidine groups is 1. The standard InChI is InChI=1S/C20H27ClIN7O2/c21-16-18(26-12-13-6-8-14(22)9-7-13)28-17(23)15(27-16)19(31)29-20(24)25-10-4-2-1-3-5-11-30/h6-9,30H,1-5,10-12H2,(H3,23,26,28)(H3,24,25,29,31). The zero-order valence-electron chi connectivity index (χ0n) is 17.1. The zero-order valence-corrected chi connectivity index (χ0v) is 20.0. The van der Waals surface area contributed by atoms with Crippen LogP contribution >= 0.6 is 34.2 Å². The molecular weight excluding hydrogens is 533 g/mol. The fourth-order valence-electron chi connectivity index (χ4n) is 2.67. The molecule has 2 rings (SSSR count). The number of halogens is 2. The number of aromatic nitrogens is 2. The average Bonchev–Trinajstić information content (AvgIpc) is 2.74. The lowest BCUT2D eigenvalue weighted by molar-refractivity contribution is 0.0998. The van der Waals surface area contributed by atoms with Crippen molar-refractivity contribution in [2.24, 2.45) is 10.7 Å². The Labute approximate surface area is 200 Å². The number of amides is 1. The van der Waals surface area contributed by atoms with E-state index in [1.807, 2.05) is 24.3 Å². The Kier molecular flexibility index (Phi) is 10.7. The molecule has 168 valence electrons. The van der Waals surface area contributed by atoms with Crippen molar-refractivity contribution < 1.29 is 9.90 Å². The molecule has 2 aromatic rings. The molecule has 11 heteroatoms. The van der Waals surface area contributed by atoms with Gasteiger partial charge in [0, 0.05) is 23.3 Å². The fraction of sp³-hybridized carbons (Fsp3) is 0.400. The molecule has 1 amide bonds. The van der Waals surface area contributed by atoms with Crippen LogP contribution in [0.4, 0.5) is 11.6 Å². The number of unbranched alkanes of at least 4 members (excludes halogenated alkanes) is 4. The number of aliphatic hydroxyl groups is 1. The molecule has 1 aromatic carbocycles. The molecule has 0 fully saturated rings. The SMILES string of the molecule is N/C(=N\C(=O)c1nc(Cl)c(NCc2ccc(I)cc2)nc1N)NCCCCCCCO. The number of carbonyl (C=O) groups is 1. The summed E-state index contributed by atoms with van der Waals surface area (Å²) in [6, 6.07) is 7.96. The van der Waals surface area contributed by atoms with Crippen molar-refractivity contribution in [3.63, 3.8) is 0 Å². The Balaban J connectivity index is 1.89. The number of aliphatic hydroxyl groups excluding tert-OH is 1. The number of nitrogens with two attached hydrogens (primary N) is 2. The number of aliphatic imine (C=N–C) groups is 1. The molecule has 0 aliphatic carbocycles. The molecule has 0 aliphatic heterocycles. The zero-order chi connectivity index (χ0) is 22.6. The van der Waals surface area contributed by atoms with Gasteiger partial charge in [0.15, 0.2) is 28.4 Å². The number of benzene rings is 1. The van der Waals surface area contributed by atoms with Gasteiger partial charge in [-0.15, -0.1) is 0 Å². The normalized spacial score (nSPS) is 11.4. The first kappa shape index (κ1) is 25.1. The van der Waals surface area contributed by atoms with E-state index in [4.69, 9.17) is 28.2 Å². The summed E-state index contributed by atoms with van der Waals surface area (Å²) < 4.78 is 1.14. The maximum atomic E-state index is 12.4. The predicted octanol–water partition coefficient (Wildman–Crippen LogP) is 2.92. The van der Waals surface area contributed by atoms with Gasteiger partial charge in [0.05, 0.1) is 0 Å². The lowest BCUT2D eigenvalue weighted by atomic mass is 10.1. The molecule has 0 bridgehead atoms. The number of anilines is 2. The first-order valence-corrected chi connectivity index (χ1v) is 11.4. The first-order valence-electron chi connectivity index (χ1n) is 9.95. The highest BCUT2D eigenvalue weighted by molar-refractivity contribution is 14.1. The summed E-state index contributed by atoms with van der Waals surface area (Å²) in [5, 5.41) is 14.7. The molecule has 0 saturated heterocycles. The van der Waals surface area contributed by atoms with Gasteiger partial charge in [-0.25, -0.2) is 9.97 Å². The van der Waals surface area contributed by atoms with E-state index in [-0.39, 0.29) is 35.0 Å².